The molecule has 1 aromatic heterocycles. The van der Waals surface area contributed by atoms with E-state index in [1.54, 1.807) is 30.6 Å². The van der Waals surface area contributed by atoms with Gasteiger partial charge in [0.2, 0.25) is 5.95 Å². The number of hydrogen-bond acceptors (Lipinski definition) is 6. The SMILES string of the molecule is COc1ccc(Cl)c(C(=O)Nc2cnc(NCCCOC3CCCCCCCC3)nc2)c1. The van der Waals surface area contributed by atoms with Crippen LogP contribution in [0.25, 0.3) is 0 Å². The lowest BCUT2D eigenvalue weighted by Crippen LogP contribution is -2.16. The number of aromatic nitrogens is 2. The zero-order valence-electron chi connectivity index (χ0n) is 18.7. The third kappa shape index (κ3) is 7.95. The fourth-order valence-corrected chi connectivity index (χ4v) is 3.98. The third-order valence-corrected chi connectivity index (χ3v) is 5.92. The second kappa shape index (κ2) is 13.2. The largest absolute Gasteiger partial charge is 0.497 e. The second-order valence-electron chi connectivity index (χ2n) is 8.07. The molecular weight excluding hydrogens is 428 g/mol. The van der Waals surface area contributed by atoms with Gasteiger partial charge in [-0.05, 0) is 37.5 Å². The summed E-state index contributed by atoms with van der Waals surface area (Å²) in [5.74, 6) is 0.731. The van der Waals surface area contributed by atoms with E-state index in [0.717, 1.165) is 19.6 Å². The van der Waals surface area contributed by atoms with Crippen LogP contribution >= 0.6 is 11.6 Å². The lowest BCUT2D eigenvalue weighted by molar-refractivity contribution is 0.0393. The first kappa shape index (κ1) is 24.3. The monoisotopic (exact) mass is 460 g/mol. The van der Waals surface area contributed by atoms with Crippen LogP contribution in [-0.2, 0) is 4.74 Å². The van der Waals surface area contributed by atoms with Gasteiger partial charge < -0.3 is 20.1 Å². The normalized spacial score (nSPS) is 15.3. The van der Waals surface area contributed by atoms with Crippen molar-refractivity contribution >= 4 is 29.1 Å². The van der Waals surface area contributed by atoms with E-state index in [1.807, 2.05) is 0 Å². The first-order valence-corrected chi connectivity index (χ1v) is 11.9. The van der Waals surface area contributed by atoms with Crippen molar-refractivity contribution in [3.63, 3.8) is 0 Å². The molecule has 1 amide bonds. The fraction of sp³-hybridized carbons (Fsp3) is 0.542. The van der Waals surface area contributed by atoms with Gasteiger partial charge in [-0.15, -0.1) is 0 Å². The minimum atomic E-state index is -0.347. The standard InChI is InChI=1S/C24H33ClN4O3/c1-31-20-11-12-22(25)21(15-20)23(30)29-18-16-27-24(28-17-18)26-13-8-14-32-19-9-6-4-2-3-5-7-10-19/h11-12,15-17,19H,2-10,13-14H2,1H3,(H,29,30)(H,26,27,28). The molecule has 174 valence electrons. The van der Waals surface area contributed by atoms with Crippen molar-refractivity contribution in [2.45, 2.75) is 63.9 Å². The Labute approximate surface area is 195 Å². The molecule has 3 rings (SSSR count). The average molecular weight is 461 g/mol. The van der Waals surface area contributed by atoms with Gasteiger partial charge in [0.15, 0.2) is 0 Å². The lowest BCUT2D eigenvalue weighted by Gasteiger charge is -2.17. The van der Waals surface area contributed by atoms with Crippen molar-refractivity contribution < 1.29 is 14.3 Å². The summed E-state index contributed by atoms with van der Waals surface area (Å²) in [4.78, 5) is 21.0. The van der Waals surface area contributed by atoms with Gasteiger partial charge >= 0.3 is 0 Å². The number of amides is 1. The molecule has 0 radical (unpaired) electrons. The van der Waals surface area contributed by atoms with Crippen LogP contribution < -0.4 is 15.4 Å². The minimum Gasteiger partial charge on any atom is -0.497 e. The molecule has 2 N–H and O–H groups in total. The Morgan fingerprint density at radius 1 is 1.09 bits per heavy atom. The molecule has 1 aliphatic carbocycles. The lowest BCUT2D eigenvalue weighted by atomic mass is 10.1. The van der Waals surface area contributed by atoms with E-state index in [9.17, 15) is 4.79 Å². The fourth-order valence-electron chi connectivity index (χ4n) is 3.77. The summed E-state index contributed by atoms with van der Waals surface area (Å²) in [5.41, 5.74) is 0.816. The van der Waals surface area contributed by atoms with Crippen molar-refractivity contribution in [3.05, 3.63) is 41.2 Å². The molecule has 7 nitrogen and oxygen atoms in total. The number of halogens is 1. The summed E-state index contributed by atoms with van der Waals surface area (Å²) in [6, 6.07) is 4.92. The van der Waals surface area contributed by atoms with Crippen molar-refractivity contribution in [2.24, 2.45) is 0 Å². The molecule has 8 heteroatoms. The molecule has 1 aromatic carbocycles. The Bertz CT molecular complexity index is 838. The van der Waals surface area contributed by atoms with Gasteiger partial charge in [0.05, 0.1) is 41.9 Å². The van der Waals surface area contributed by atoms with E-state index in [1.165, 1.54) is 58.5 Å². The van der Waals surface area contributed by atoms with Gasteiger partial charge in [0, 0.05) is 13.2 Å². The van der Waals surface area contributed by atoms with Crippen LogP contribution in [0.15, 0.2) is 30.6 Å². The Balaban J connectivity index is 1.38. The van der Waals surface area contributed by atoms with Gasteiger partial charge in [-0.3, -0.25) is 4.79 Å². The van der Waals surface area contributed by atoms with Crippen molar-refractivity contribution in [3.8, 4) is 5.75 Å². The van der Waals surface area contributed by atoms with Gasteiger partial charge in [-0.25, -0.2) is 9.97 Å². The minimum absolute atomic E-state index is 0.327. The van der Waals surface area contributed by atoms with Crippen LogP contribution in [0.5, 0.6) is 5.75 Å². The maximum Gasteiger partial charge on any atom is 0.257 e. The predicted molar refractivity (Wildman–Crippen MR) is 128 cm³/mol. The van der Waals surface area contributed by atoms with Gasteiger partial charge in [0.1, 0.15) is 5.75 Å². The second-order valence-corrected chi connectivity index (χ2v) is 8.47. The van der Waals surface area contributed by atoms with E-state index >= 15 is 0 Å². The Kier molecular flexibility index (Phi) is 10.0. The summed E-state index contributed by atoms with van der Waals surface area (Å²) in [7, 11) is 1.54. The number of hydrogen-bond donors (Lipinski definition) is 2. The van der Waals surface area contributed by atoms with E-state index < -0.39 is 0 Å². The molecule has 1 heterocycles. The summed E-state index contributed by atoms with van der Waals surface area (Å²) < 4.78 is 11.2. The number of rotatable bonds is 9. The van der Waals surface area contributed by atoms with Crippen LogP contribution in [0.3, 0.4) is 0 Å². The van der Waals surface area contributed by atoms with Gasteiger partial charge in [-0.2, -0.15) is 0 Å². The van der Waals surface area contributed by atoms with Gasteiger partial charge in [0.25, 0.3) is 5.91 Å². The zero-order valence-corrected chi connectivity index (χ0v) is 19.5. The number of anilines is 2. The highest BCUT2D eigenvalue weighted by atomic mass is 35.5. The van der Waals surface area contributed by atoms with E-state index in [4.69, 9.17) is 21.1 Å². The molecular formula is C24H33ClN4O3. The predicted octanol–water partition coefficient (Wildman–Crippen LogP) is 5.71. The molecule has 1 fully saturated rings. The first-order chi connectivity index (χ1) is 15.7. The quantitative estimate of drug-likeness (QED) is 0.466. The highest BCUT2D eigenvalue weighted by molar-refractivity contribution is 6.34. The number of methoxy groups -OCH3 is 1. The van der Waals surface area contributed by atoms with Crippen molar-refractivity contribution in [2.75, 3.05) is 30.9 Å². The van der Waals surface area contributed by atoms with Crippen molar-refractivity contribution in [1.29, 1.82) is 0 Å². The van der Waals surface area contributed by atoms with Crippen molar-refractivity contribution in [1.82, 2.24) is 9.97 Å². The molecule has 0 saturated heterocycles. The van der Waals surface area contributed by atoms with Crippen LogP contribution in [0.4, 0.5) is 11.6 Å². The molecule has 32 heavy (non-hydrogen) atoms. The highest BCUT2D eigenvalue weighted by Crippen LogP contribution is 2.23. The summed E-state index contributed by atoms with van der Waals surface area (Å²) in [6.45, 7) is 1.48. The number of carbonyl (C=O) groups is 1. The molecule has 0 bridgehead atoms. The van der Waals surface area contributed by atoms with Crippen LogP contribution in [-0.4, -0.2) is 42.2 Å². The smallest absolute Gasteiger partial charge is 0.257 e. The summed E-state index contributed by atoms with van der Waals surface area (Å²) >= 11 is 6.13. The first-order valence-electron chi connectivity index (χ1n) is 11.5. The molecule has 1 saturated carbocycles. The number of benzene rings is 1. The maximum atomic E-state index is 12.5. The maximum absolute atomic E-state index is 12.5. The number of carbonyl (C=O) groups excluding carboxylic acids is 1. The summed E-state index contributed by atoms with van der Waals surface area (Å²) in [5, 5.41) is 6.30. The zero-order chi connectivity index (χ0) is 22.6. The molecule has 1 aliphatic rings. The Morgan fingerprint density at radius 3 is 2.47 bits per heavy atom. The molecule has 2 aromatic rings. The Morgan fingerprint density at radius 2 is 1.78 bits per heavy atom. The average Bonchev–Trinajstić information content (AvgIpc) is 2.94. The van der Waals surface area contributed by atoms with Crippen LogP contribution in [0, 0.1) is 0 Å². The van der Waals surface area contributed by atoms with Crippen LogP contribution in [0.1, 0.15) is 68.1 Å². The molecule has 0 atom stereocenters. The van der Waals surface area contributed by atoms with Crippen LogP contribution in [0.2, 0.25) is 5.02 Å². The topological polar surface area (TPSA) is 85.4 Å². The third-order valence-electron chi connectivity index (χ3n) is 5.59. The summed E-state index contributed by atoms with van der Waals surface area (Å²) in [6.07, 6.45) is 14.8. The van der Waals surface area contributed by atoms with Gasteiger partial charge in [-0.1, -0.05) is 50.1 Å². The highest BCUT2D eigenvalue weighted by Gasteiger charge is 2.13. The van der Waals surface area contributed by atoms with E-state index in [0.29, 0.717) is 34.1 Å². The number of nitrogens with zero attached hydrogens (tertiary/aromatic N) is 2. The van der Waals surface area contributed by atoms with E-state index in [2.05, 4.69) is 20.6 Å². The molecule has 0 unspecified atom stereocenters. The van der Waals surface area contributed by atoms with E-state index in [-0.39, 0.29) is 5.91 Å². The number of nitrogens with one attached hydrogen (secondary N) is 2. The Hall–Kier alpha value is -2.38. The number of ether oxygens (including phenoxy) is 2. The molecule has 0 aliphatic heterocycles. The molecule has 0 spiro atoms.